The molecule has 1 aromatic rings. The van der Waals surface area contributed by atoms with Crippen molar-refractivity contribution in [1.82, 2.24) is 0 Å². The highest BCUT2D eigenvalue weighted by atomic mass is 16.5. The number of methoxy groups -OCH3 is 1. The first-order chi connectivity index (χ1) is 8.70. The predicted molar refractivity (Wildman–Crippen MR) is 67.7 cm³/mol. The van der Waals surface area contributed by atoms with Crippen molar-refractivity contribution in [3.63, 3.8) is 0 Å². The molecule has 0 unspecified atom stereocenters. The summed E-state index contributed by atoms with van der Waals surface area (Å²) in [6.45, 7) is 0. The number of fused-ring (bicyclic) bond motifs is 2. The van der Waals surface area contributed by atoms with Crippen LogP contribution in [0.25, 0.3) is 0 Å². The Labute approximate surface area is 107 Å². The molecular weight excluding hydrogens is 228 g/mol. The van der Waals surface area contributed by atoms with E-state index in [0.29, 0.717) is 11.8 Å². The highest BCUT2D eigenvalue weighted by Gasteiger charge is 2.51. The van der Waals surface area contributed by atoms with Crippen molar-refractivity contribution in [3.8, 4) is 5.75 Å². The maximum atomic E-state index is 11.5. The average molecular weight is 246 g/mol. The zero-order valence-corrected chi connectivity index (χ0v) is 10.5. The van der Waals surface area contributed by atoms with Gasteiger partial charge < -0.3 is 9.84 Å². The van der Waals surface area contributed by atoms with E-state index in [1.165, 1.54) is 6.42 Å². The molecule has 0 heterocycles. The van der Waals surface area contributed by atoms with E-state index in [2.05, 4.69) is 0 Å². The molecule has 0 aromatic heterocycles. The number of carboxylic acids is 1. The molecule has 0 amide bonds. The van der Waals surface area contributed by atoms with E-state index in [1.54, 1.807) is 7.11 Å². The van der Waals surface area contributed by atoms with Crippen LogP contribution in [0, 0.1) is 17.8 Å². The van der Waals surface area contributed by atoms with Gasteiger partial charge in [-0.25, -0.2) is 0 Å². The number of aliphatic carboxylic acids is 1. The van der Waals surface area contributed by atoms with Gasteiger partial charge >= 0.3 is 5.97 Å². The third kappa shape index (κ3) is 1.69. The Hall–Kier alpha value is -1.51. The van der Waals surface area contributed by atoms with Crippen molar-refractivity contribution in [2.75, 3.05) is 7.11 Å². The summed E-state index contributed by atoms with van der Waals surface area (Å²) in [6.07, 6.45) is 3.34. The molecule has 1 aromatic carbocycles. The normalized spacial score (nSPS) is 33.6. The van der Waals surface area contributed by atoms with Crippen LogP contribution < -0.4 is 4.74 Å². The lowest BCUT2D eigenvalue weighted by Crippen LogP contribution is -2.27. The minimum atomic E-state index is -0.630. The van der Waals surface area contributed by atoms with E-state index in [-0.39, 0.29) is 11.8 Å². The first-order valence-corrected chi connectivity index (χ1v) is 6.57. The molecule has 2 aliphatic carbocycles. The molecule has 0 saturated heterocycles. The molecule has 2 fully saturated rings. The number of carbonyl (C=O) groups is 1. The second-order valence-corrected chi connectivity index (χ2v) is 5.50. The Balaban J connectivity index is 1.96. The standard InChI is InChI=1S/C15H18O3/c1-18-12-4-2-3-9(8-12)13-10-5-6-11(7-10)14(13)15(16)17/h2-4,8,10-11,13-14H,5-7H2,1H3,(H,16,17)/t10-,11+,13-,14-/m0/s1. The van der Waals surface area contributed by atoms with Crippen LogP contribution in [0.15, 0.2) is 24.3 Å². The Kier molecular flexibility index (Phi) is 2.77. The molecule has 3 nitrogen and oxygen atoms in total. The van der Waals surface area contributed by atoms with Crippen molar-refractivity contribution < 1.29 is 14.6 Å². The Morgan fingerprint density at radius 2 is 2.11 bits per heavy atom. The van der Waals surface area contributed by atoms with Crippen molar-refractivity contribution in [2.45, 2.75) is 25.2 Å². The molecule has 0 radical (unpaired) electrons. The zero-order valence-electron chi connectivity index (χ0n) is 10.5. The first kappa shape index (κ1) is 11.6. The van der Waals surface area contributed by atoms with Crippen LogP contribution in [0.1, 0.15) is 30.7 Å². The van der Waals surface area contributed by atoms with Crippen LogP contribution in [-0.2, 0) is 4.79 Å². The van der Waals surface area contributed by atoms with Crippen LogP contribution in [0.4, 0.5) is 0 Å². The van der Waals surface area contributed by atoms with Gasteiger partial charge in [0, 0.05) is 5.92 Å². The Bertz CT molecular complexity index is 469. The summed E-state index contributed by atoms with van der Waals surface area (Å²) >= 11 is 0. The molecule has 2 saturated carbocycles. The van der Waals surface area contributed by atoms with Gasteiger partial charge in [0.05, 0.1) is 13.0 Å². The van der Waals surface area contributed by atoms with Gasteiger partial charge in [-0.3, -0.25) is 4.79 Å². The summed E-state index contributed by atoms with van der Waals surface area (Å²) < 4.78 is 5.24. The van der Waals surface area contributed by atoms with Crippen molar-refractivity contribution in [3.05, 3.63) is 29.8 Å². The quantitative estimate of drug-likeness (QED) is 0.892. The van der Waals surface area contributed by atoms with Crippen LogP contribution >= 0.6 is 0 Å². The van der Waals surface area contributed by atoms with E-state index >= 15 is 0 Å². The molecule has 0 spiro atoms. The van der Waals surface area contributed by atoms with E-state index in [0.717, 1.165) is 24.2 Å². The van der Waals surface area contributed by atoms with E-state index in [9.17, 15) is 9.90 Å². The summed E-state index contributed by atoms with van der Waals surface area (Å²) in [7, 11) is 1.65. The molecule has 4 atom stereocenters. The lowest BCUT2D eigenvalue weighted by atomic mass is 9.75. The van der Waals surface area contributed by atoms with Crippen molar-refractivity contribution in [2.24, 2.45) is 17.8 Å². The van der Waals surface area contributed by atoms with Gasteiger partial charge in [-0.15, -0.1) is 0 Å². The molecule has 3 heteroatoms. The smallest absolute Gasteiger partial charge is 0.307 e. The molecule has 2 bridgehead atoms. The SMILES string of the molecule is COc1cccc([C@H]2[C@H]3CC[C@H](C3)[C@@H]2C(=O)O)c1. The largest absolute Gasteiger partial charge is 0.497 e. The highest BCUT2D eigenvalue weighted by Crippen LogP contribution is 2.56. The fourth-order valence-corrected chi connectivity index (χ4v) is 3.98. The highest BCUT2D eigenvalue weighted by molar-refractivity contribution is 5.73. The minimum Gasteiger partial charge on any atom is -0.497 e. The number of ether oxygens (including phenoxy) is 1. The Morgan fingerprint density at radius 1 is 1.33 bits per heavy atom. The van der Waals surface area contributed by atoms with E-state index < -0.39 is 5.97 Å². The average Bonchev–Trinajstić information content (AvgIpc) is 2.98. The van der Waals surface area contributed by atoms with Gasteiger partial charge in [0.25, 0.3) is 0 Å². The van der Waals surface area contributed by atoms with Crippen LogP contribution in [-0.4, -0.2) is 18.2 Å². The second-order valence-electron chi connectivity index (χ2n) is 5.50. The molecule has 0 aliphatic heterocycles. The maximum absolute atomic E-state index is 11.5. The number of carboxylic acid groups (broad SMARTS) is 1. The minimum absolute atomic E-state index is 0.177. The lowest BCUT2D eigenvalue weighted by molar-refractivity contribution is -0.144. The Morgan fingerprint density at radius 3 is 2.83 bits per heavy atom. The molecular formula is C15H18O3. The van der Waals surface area contributed by atoms with Crippen LogP contribution in [0.3, 0.4) is 0 Å². The maximum Gasteiger partial charge on any atom is 0.307 e. The van der Waals surface area contributed by atoms with Gasteiger partial charge in [-0.05, 0) is 48.8 Å². The van der Waals surface area contributed by atoms with E-state index in [4.69, 9.17) is 4.74 Å². The number of rotatable bonds is 3. The fraction of sp³-hybridized carbons (Fsp3) is 0.533. The van der Waals surface area contributed by atoms with Crippen LogP contribution in [0.2, 0.25) is 0 Å². The summed E-state index contributed by atoms with van der Waals surface area (Å²) in [6, 6.07) is 7.91. The molecule has 96 valence electrons. The number of benzene rings is 1. The van der Waals surface area contributed by atoms with Gasteiger partial charge in [0.15, 0.2) is 0 Å². The van der Waals surface area contributed by atoms with Crippen molar-refractivity contribution >= 4 is 5.97 Å². The summed E-state index contributed by atoms with van der Waals surface area (Å²) in [4.78, 5) is 11.5. The third-order valence-electron chi connectivity index (χ3n) is 4.68. The summed E-state index contributed by atoms with van der Waals surface area (Å²) in [5.41, 5.74) is 1.13. The van der Waals surface area contributed by atoms with Crippen LogP contribution in [0.5, 0.6) is 5.75 Å². The molecule has 3 rings (SSSR count). The fourth-order valence-electron chi connectivity index (χ4n) is 3.98. The number of hydrogen-bond acceptors (Lipinski definition) is 2. The topological polar surface area (TPSA) is 46.5 Å². The lowest BCUT2D eigenvalue weighted by Gasteiger charge is -2.28. The van der Waals surface area contributed by atoms with Gasteiger partial charge in [-0.1, -0.05) is 12.1 Å². The summed E-state index contributed by atoms with van der Waals surface area (Å²) in [5.74, 6) is 1.09. The second kappa shape index (κ2) is 4.30. The zero-order chi connectivity index (χ0) is 12.7. The summed E-state index contributed by atoms with van der Waals surface area (Å²) in [5, 5.41) is 9.46. The first-order valence-electron chi connectivity index (χ1n) is 6.57. The van der Waals surface area contributed by atoms with E-state index in [1.807, 2.05) is 24.3 Å². The third-order valence-corrected chi connectivity index (χ3v) is 4.68. The van der Waals surface area contributed by atoms with Gasteiger partial charge in [0.1, 0.15) is 5.75 Å². The van der Waals surface area contributed by atoms with Gasteiger partial charge in [-0.2, -0.15) is 0 Å². The molecule has 18 heavy (non-hydrogen) atoms. The monoisotopic (exact) mass is 246 g/mol. The number of hydrogen-bond donors (Lipinski definition) is 1. The molecule has 1 N–H and O–H groups in total. The van der Waals surface area contributed by atoms with Crippen molar-refractivity contribution in [1.29, 1.82) is 0 Å². The predicted octanol–water partition coefficient (Wildman–Crippen LogP) is 2.91. The van der Waals surface area contributed by atoms with Gasteiger partial charge in [0.2, 0.25) is 0 Å². The molecule has 2 aliphatic rings.